The predicted molar refractivity (Wildman–Crippen MR) is 95.6 cm³/mol. The minimum Gasteiger partial charge on any atom is -0.491 e. The topological polar surface area (TPSA) is 50.6 Å². The molecule has 3 heterocycles. The lowest BCUT2D eigenvalue weighted by atomic mass is 10.1. The highest BCUT2D eigenvalue weighted by molar-refractivity contribution is 9.10. The molecule has 0 aliphatic carbocycles. The van der Waals surface area contributed by atoms with Crippen LogP contribution in [0.1, 0.15) is 0 Å². The van der Waals surface area contributed by atoms with Crippen LogP contribution in [-0.4, -0.2) is 59.6 Å². The second kappa shape index (κ2) is 6.62. The molecule has 0 radical (unpaired) electrons. The molecule has 2 aliphatic rings. The number of imidazole rings is 1. The summed E-state index contributed by atoms with van der Waals surface area (Å²) in [5.41, 5.74) is 0.770. The van der Waals surface area contributed by atoms with Gasteiger partial charge in [0.1, 0.15) is 24.2 Å². The van der Waals surface area contributed by atoms with Crippen LogP contribution in [0.15, 0.2) is 28.9 Å². The van der Waals surface area contributed by atoms with E-state index in [1.807, 2.05) is 22.8 Å². The first-order valence-electron chi connectivity index (χ1n) is 8.22. The summed E-state index contributed by atoms with van der Waals surface area (Å²) in [6.45, 7) is 1.16. The first-order chi connectivity index (χ1) is 12.4. The van der Waals surface area contributed by atoms with Gasteiger partial charge in [0.2, 0.25) is 5.91 Å². The van der Waals surface area contributed by atoms with Gasteiger partial charge < -0.3 is 9.30 Å². The number of piperazine rings is 1. The number of rotatable bonds is 2. The highest BCUT2D eigenvalue weighted by Crippen LogP contribution is 2.36. The summed E-state index contributed by atoms with van der Waals surface area (Å²) in [6, 6.07) is 4.38. The largest absolute Gasteiger partial charge is 0.491 e. The van der Waals surface area contributed by atoms with Crippen LogP contribution in [-0.2, 0) is 11.3 Å². The Kier molecular flexibility index (Phi) is 4.44. The molecule has 1 amide bonds. The van der Waals surface area contributed by atoms with Gasteiger partial charge in [0.05, 0.1) is 18.7 Å². The summed E-state index contributed by atoms with van der Waals surface area (Å²) in [5, 5.41) is 0. The molecule has 138 valence electrons. The number of amides is 1. The van der Waals surface area contributed by atoms with E-state index in [9.17, 15) is 13.6 Å². The minimum atomic E-state index is -2.64. The summed E-state index contributed by atoms with van der Waals surface area (Å²) in [6.07, 6.45) is -0.983. The summed E-state index contributed by atoms with van der Waals surface area (Å²) >= 11 is 3.41. The lowest BCUT2D eigenvalue weighted by molar-refractivity contribution is -0.123. The summed E-state index contributed by atoms with van der Waals surface area (Å²) in [7, 11) is 1.67. The zero-order valence-corrected chi connectivity index (χ0v) is 15.6. The number of anilines is 1. The van der Waals surface area contributed by atoms with E-state index in [1.54, 1.807) is 18.1 Å². The van der Waals surface area contributed by atoms with Crippen LogP contribution < -0.4 is 9.64 Å². The van der Waals surface area contributed by atoms with Crippen molar-refractivity contribution in [2.24, 2.45) is 0 Å². The normalized spacial score (nSPS) is 20.6. The van der Waals surface area contributed by atoms with Crippen molar-refractivity contribution in [1.82, 2.24) is 14.5 Å². The second-order valence-corrected chi connectivity index (χ2v) is 7.38. The number of hydrogen-bond acceptors (Lipinski definition) is 4. The van der Waals surface area contributed by atoms with Crippen LogP contribution in [0, 0.1) is 0 Å². The van der Waals surface area contributed by atoms with Crippen molar-refractivity contribution in [3.8, 4) is 17.1 Å². The number of ether oxygens (including phenoxy) is 1. The highest BCUT2D eigenvalue weighted by Gasteiger charge is 2.39. The molecule has 1 fully saturated rings. The van der Waals surface area contributed by atoms with Gasteiger partial charge in [0, 0.05) is 17.2 Å². The third kappa shape index (κ3) is 2.99. The van der Waals surface area contributed by atoms with Gasteiger partial charge in [-0.1, -0.05) is 15.9 Å². The van der Waals surface area contributed by atoms with Crippen LogP contribution in [0.3, 0.4) is 0 Å². The Hall–Kier alpha value is -2.00. The number of fused-ring (bicyclic) bond motifs is 3. The molecular weight excluding hydrogens is 410 g/mol. The Morgan fingerprint density at radius 3 is 2.96 bits per heavy atom. The number of carbonyl (C=O) groups is 1. The third-order valence-electron chi connectivity index (χ3n) is 4.58. The zero-order chi connectivity index (χ0) is 18.4. The van der Waals surface area contributed by atoms with E-state index in [0.717, 1.165) is 14.9 Å². The molecule has 1 aromatic heterocycles. The summed E-state index contributed by atoms with van der Waals surface area (Å²) < 4.78 is 35.6. The van der Waals surface area contributed by atoms with E-state index in [0.29, 0.717) is 24.7 Å². The molecule has 6 nitrogen and oxygen atoms in total. The summed E-state index contributed by atoms with van der Waals surface area (Å²) in [5.74, 6) is 1.17. The van der Waals surface area contributed by atoms with E-state index in [1.165, 1.54) is 0 Å². The lowest BCUT2D eigenvalue weighted by Gasteiger charge is -2.37. The van der Waals surface area contributed by atoms with Crippen LogP contribution in [0.25, 0.3) is 11.4 Å². The molecule has 0 bridgehead atoms. The predicted octanol–water partition coefficient (Wildman–Crippen LogP) is 2.62. The van der Waals surface area contributed by atoms with E-state index >= 15 is 0 Å². The van der Waals surface area contributed by atoms with E-state index < -0.39 is 12.5 Å². The van der Waals surface area contributed by atoms with Crippen LogP contribution in [0.4, 0.5) is 14.6 Å². The maximum absolute atomic E-state index is 13.6. The van der Waals surface area contributed by atoms with Gasteiger partial charge in [-0.2, -0.15) is 0 Å². The minimum absolute atomic E-state index is 0.0953. The number of halogens is 3. The number of alkyl halides is 2. The molecule has 1 aromatic carbocycles. The Bertz CT molecular complexity index is 857. The zero-order valence-electron chi connectivity index (χ0n) is 14.0. The average molecular weight is 427 g/mol. The number of likely N-dealkylation sites (N-methyl/N-ethyl adjacent to an activating group) is 1. The van der Waals surface area contributed by atoms with Crippen LogP contribution >= 0.6 is 15.9 Å². The van der Waals surface area contributed by atoms with Gasteiger partial charge in [0.15, 0.2) is 5.82 Å². The van der Waals surface area contributed by atoms with Crippen molar-refractivity contribution >= 4 is 27.7 Å². The Labute approximate surface area is 157 Å². The SMILES string of the molecule is CN1CC(=O)N(c2cn3c(n2)-c2ccc(Br)cc2OCC3)C(C(F)F)C1. The maximum Gasteiger partial charge on any atom is 0.260 e. The van der Waals surface area contributed by atoms with Gasteiger partial charge >= 0.3 is 0 Å². The fourth-order valence-electron chi connectivity index (χ4n) is 3.41. The Morgan fingerprint density at radius 1 is 1.38 bits per heavy atom. The van der Waals surface area contributed by atoms with Crippen molar-refractivity contribution in [2.75, 3.05) is 31.6 Å². The van der Waals surface area contributed by atoms with Crippen LogP contribution in [0.2, 0.25) is 0 Å². The fourth-order valence-corrected chi connectivity index (χ4v) is 3.75. The first-order valence-corrected chi connectivity index (χ1v) is 9.02. The lowest BCUT2D eigenvalue weighted by Crippen LogP contribution is -2.58. The molecule has 0 spiro atoms. The van der Waals surface area contributed by atoms with Gasteiger partial charge in [-0.05, 0) is 25.2 Å². The number of aromatic nitrogens is 2. The molecule has 1 saturated heterocycles. The number of hydrogen-bond donors (Lipinski definition) is 0. The van der Waals surface area contributed by atoms with E-state index in [2.05, 4.69) is 20.9 Å². The van der Waals surface area contributed by atoms with Gasteiger partial charge in [-0.25, -0.2) is 13.8 Å². The average Bonchev–Trinajstić information content (AvgIpc) is 2.90. The van der Waals surface area contributed by atoms with E-state index in [-0.39, 0.29) is 24.8 Å². The van der Waals surface area contributed by atoms with Gasteiger partial charge in [0.25, 0.3) is 6.43 Å². The fraction of sp³-hybridized carbons (Fsp3) is 0.412. The van der Waals surface area contributed by atoms with Crippen molar-refractivity contribution in [3.05, 3.63) is 28.9 Å². The van der Waals surface area contributed by atoms with E-state index in [4.69, 9.17) is 4.74 Å². The standard InChI is InChI=1S/C17H17BrF2N4O2/c1-22-7-12(16(19)20)24(15(25)9-22)14-8-23-4-5-26-13-6-10(18)2-3-11(13)17(23)21-14/h2-3,6,8,12,16H,4-5,7,9H2,1H3. The molecule has 9 heteroatoms. The van der Waals surface area contributed by atoms with Crippen molar-refractivity contribution in [3.63, 3.8) is 0 Å². The smallest absolute Gasteiger partial charge is 0.260 e. The Morgan fingerprint density at radius 2 is 2.19 bits per heavy atom. The van der Waals surface area contributed by atoms with Crippen LogP contribution in [0.5, 0.6) is 5.75 Å². The third-order valence-corrected chi connectivity index (χ3v) is 5.07. The van der Waals surface area contributed by atoms with Crippen molar-refractivity contribution < 1.29 is 18.3 Å². The van der Waals surface area contributed by atoms with Crippen molar-refractivity contribution in [2.45, 2.75) is 19.0 Å². The molecule has 1 unspecified atom stereocenters. The monoisotopic (exact) mass is 426 g/mol. The molecule has 1 atom stereocenters. The Balaban J connectivity index is 1.77. The molecule has 2 aliphatic heterocycles. The molecule has 0 saturated carbocycles. The molecule has 26 heavy (non-hydrogen) atoms. The highest BCUT2D eigenvalue weighted by atomic mass is 79.9. The molecule has 0 N–H and O–H groups in total. The summed E-state index contributed by atoms with van der Waals surface area (Å²) in [4.78, 5) is 19.7. The quantitative estimate of drug-likeness (QED) is 0.740. The maximum atomic E-state index is 13.6. The van der Waals surface area contributed by atoms with Crippen molar-refractivity contribution in [1.29, 1.82) is 0 Å². The number of benzene rings is 1. The van der Waals surface area contributed by atoms with Gasteiger partial charge in [-0.15, -0.1) is 0 Å². The number of nitrogens with zero attached hydrogens (tertiary/aromatic N) is 4. The van der Waals surface area contributed by atoms with Gasteiger partial charge in [-0.3, -0.25) is 14.6 Å². The second-order valence-electron chi connectivity index (χ2n) is 6.47. The first kappa shape index (κ1) is 17.4. The number of carbonyl (C=O) groups excluding carboxylic acids is 1. The molecule has 4 rings (SSSR count). The molecule has 2 aromatic rings. The molecular formula is C17H17BrF2N4O2.